The number of alkyl halides is 3. The Hall–Kier alpha value is -1.96. The third kappa shape index (κ3) is 6.27. The van der Waals surface area contributed by atoms with Gasteiger partial charge in [0.25, 0.3) is 0 Å². The van der Waals surface area contributed by atoms with Crippen LogP contribution in [0.4, 0.5) is 13.2 Å². The normalized spacial score (nSPS) is 18.5. The van der Waals surface area contributed by atoms with E-state index in [1.807, 2.05) is 6.92 Å². The SMILES string of the molecule is CCNC(=NCc1ccccc1OC(F)(F)F)NCC1CCCO1. The first-order valence-corrected chi connectivity index (χ1v) is 7.95. The van der Waals surface area contributed by atoms with E-state index < -0.39 is 6.36 Å². The van der Waals surface area contributed by atoms with E-state index in [1.165, 1.54) is 12.1 Å². The van der Waals surface area contributed by atoms with Crippen molar-refractivity contribution in [2.75, 3.05) is 19.7 Å². The van der Waals surface area contributed by atoms with Crippen LogP contribution in [0.15, 0.2) is 29.3 Å². The fourth-order valence-electron chi connectivity index (χ4n) is 2.38. The Balaban J connectivity index is 1.99. The van der Waals surface area contributed by atoms with Gasteiger partial charge in [-0.1, -0.05) is 18.2 Å². The zero-order chi connectivity index (χ0) is 17.4. The number of para-hydroxylation sites is 1. The monoisotopic (exact) mass is 345 g/mol. The fraction of sp³-hybridized carbons (Fsp3) is 0.562. The highest BCUT2D eigenvalue weighted by molar-refractivity contribution is 5.79. The van der Waals surface area contributed by atoms with Crippen molar-refractivity contribution in [3.05, 3.63) is 29.8 Å². The fourth-order valence-corrected chi connectivity index (χ4v) is 2.38. The first kappa shape index (κ1) is 18.4. The van der Waals surface area contributed by atoms with E-state index in [2.05, 4.69) is 20.4 Å². The van der Waals surface area contributed by atoms with E-state index in [-0.39, 0.29) is 18.4 Å². The quantitative estimate of drug-likeness (QED) is 0.615. The van der Waals surface area contributed by atoms with E-state index in [4.69, 9.17) is 4.74 Å². The Morgan fingerprint density at radius 3 is 2.79 bits per heavy atom. The minimum atomic E-state index is -4.72. The second kappa shape index (κ2) is 8.77. The van der Waals surface area contributed by atoms with Crippen LogP contribution in [0.2, 0.25) is 0 Å². The minimum absolute atomic E-state index is 0.0765. The summed E-state index contributed by atoms with van der Waals surface area (Å²) in [4.78, 5) is 4.33. The van der Waals surface area contributed by atoms with Crippen LogP contribution in [0, 0.1) is 0 Å². The number of guanidine groups is 1. The number of hydrogen-bond acceptors (Lipinski definition) is 3. The maximum absolute atomic E-state index is 12.4. The van der Waals surface area contributed by atoms with E-state index in [0.717, 1.165) is 19.4 Å². The molecule has 8 heteroatoms. The molecule has 0 amide bonds. The topological polar surface area (TPSA) is 54.9 Å². The average molecular weight is 345 g/mol. The van der Waals surface area contributed by atoms with Gasteiger partial charge in [0.05, 0.1) is 12.6 Å². The number of ether oxygens (including phenoxy) is 2. The van der Waals surface area contributed by atoms with Crippen molar-refractivity contribution < 1.29 is 22.6 Å². The molecule has 24 heavy (non-hydrogen) atoms. The predicted molar refractivity (Wildman–Crippen MR) is 84.9 cm³/mol. The Labute approximate surface area is 139 Å². The molecule has 1 saturated heterocycles. The Kier molecular flexibility index (Phi) is 6.72. The first-order chi connectivity index (χ1) is 11.5. The molecule has 2 rings (SSSR count). The summed E-state index contributed by atoms with van der Waals surface area (Å²) in [7, 11) is 0. The summed E-state index contributed by atoms with van der Waals surface area (Å²) in [6, 6.07) is 6.00. The summed E-state index contributed by atoms with van der Waals surface area (Å²) >= 11 is 0. The highest BCUT2D eigenvalue weighted by Gasteiger charge is 2.31. The lowest BCUT2D eigenvalue weighted by atomic mass is 10.2. The van der Waals surface area contributed by atoms with E-state index in [9.17, 15) is 13.2 Å². The van der Waals surface area contributed by atoms with Crippen LogP contribution in [0.1, 0.15) is 25.3 Å². The van der Waals surface area contributed by atoms with Crippen molar-refractivity contribution in [3.63, 3.8) is 0 Å². The Bertz CT molecular complexity index is 544. The number of benzene rings is 1. The van der Waals surface area contributed by atoms with Gasteiger partial charge < -0.3 is 20.1 Å². The molecule has 0 saturated carbocycles. The lowest BCUT2D eigenvalue weighted by Crippen LogP contribution is -2.41. The van der Waals surface area contributed by atoms with Crippen molar-refractivity contribution >= 4 is 5.96 Å². The summed E-state index contributed by atoms with van der Waals surface area (Å²) in [5.41, 5.74) is 0.365. The van der Waals surface area contributed by atoms with Gasteiger partial charge in [0.15, 0.2) is 5.96 Å². The zero-order valence-electron chi connectivity index (χ0n) is 13.5. The summed E-state index contributed by atoms with van der Waals surface area (Å²) in [5, 5.41) is 6.22. The maximum atomic E-state index is 12.4. The lowest BCUT2D eigenvalue weighted by molar-refractivity contribution is -0.274. The Morgan fingerprint density at radius 2 is 2.12 bits per heavy atom. The molecule has 1 atom stereocenters. The molecule has 1 aliphatic rings. The largest absolute Gasteiger partial charge is 0.573 e. The molecule has 0 aromatic heterocycles. The molecule has 0 spiro atoms. The number of halogens is 3. The van der Waals surface area contributed by atoms with Gasteiger partial charge >= 0.3 is 6.36 Å². The van der Waals surface area contributed by atoms with E-state index in [1.54, 1.807) is 12.1 Å². The molecular weight excluding hydrogens is 323 g/mol. The Morgan fingerprint density at radius 1 is 1.33 bits per heavy atom. The summed E-state index contributed by atoms with van der Waals surface area (Å²) in [6.07, 6.45) is -2.53. The molecule has 1 aromatic carbocycles. The number of hydrogen-bond donors (Lipinski definition) is 2. The van der Waals surface area contributed by atoms with Crippen LogP contribution in [0.25, 0.3) is 0 Å². The van der Waals surface area contributed by atoms with Crippen molar-refractivity contribution in [1.29, 1.82) is 0 Å². The van der Waals surface area contributed by atoms with Crippen LogP contribution >= 0.6 is 0 Å². The molecule has 1 aliphatic heterocycles. The smallest absolute Gasteiger partial charge is 0.405 e. The molecule has 0 bridgehead atoms. The number of rotatable bonds is 6. The van der Waals surface area contributed by atoms with Gasteiger partial charge in [-0.3, -0.25) is 0 Å². The van der Waals surface area contributed by atoms with Crippen molar-refractivity contribution in [3.8, 4) is 5.75 Å². The van der Waals surface area contributed by atoms with Gasteiger partial charge in [0.1, 0.15) is 5.75 Å². The third-order valence-electron chi connectivity index (χ3n) is 3.47. The molecule has 0 aliphatic carbocycles. The summed E-state index contributed by atoms with van der Waals surface area (Å²) < 4.78 is 46.9. The molecule has 1 fully saturated rings. The van der Waals surface area contributed by atoms with Crippen molar-refractivity contribution in [2.24, 2.45) is 4.99 Å². The van der Waals surface area contributed by atoms with Crippen LogP contribution in [-0.4, -0.2) is 38.1 Å². The second-order valence-corrected chi connectivity index (χ2v) is 5.37. The van der Waals surface area contributed by atoms with Crippen LogP contribution in [0.5, 0.6) is 5.75 Å². The third-order valence-corrected chi connectivity index (χ3v) is 3.47. The van der Waals surface area contributed by atoms with Gasteiger partial charge in [0.2, 0.25) is 0 Å². The average Bonchev–Trinajstić information content (AvgIpc) is 3.03. The van der Waals surface area contributed by atoms with Gasteiger partial charge in [-0.2, -0.15) is 0 Å². The lowest BCUT2D eigenvalue weighted by Gasteiger charge is -2.15. The molecule has 1 unspecified atom stereocenters. The van der Waals surface area contributed by atoms with E-state index >= 15 is 0 Å². The number of aliphatic imine (C=N–C) groups is 1. The van der Waals surface area contributed by atoms with Crippen molar-refractivity contribution in [2.45, 2.75) is 38.8 Å². The molecule has 1 heterocycles. The van der Waals surface area contributed by atoms with E-state index in [0.29, 0.717) is 24.6 Å². The highest BCUT2D eigenvalue weighted by atomic mass is 19.4. The standard InChI is InChI=1S/C16H22F3N3O2/c1-2-20-15(22-11-13-7-5-9-23-13)21-10-12-6-3-4-8-14(12)24-16(17,18)19/h3-4,6,8,13H,2,5,7,9-11H2,1H3,(H2,20,21,22). The van der Waals surface area contributed by atoms with Gasteiger partial charge in [-0.15, -0.1) is 13.2 Å². The van der Waals surface area contributed by atoms with Gasteiger partial charge in [-0.05, 0) is 25.8 Å². The summed E-state index contributed by atoms with van der Waals surface area (Å²) in [6.45, 7) is 4.03. The molecule has 1 aromatic rings. The molecule has 5 nitrogen and oxygen atoms in total. The molecule has 2 N–H and O–H groups in total. The zero-order valence-corrected chi connectivity index (χ0v) is 13.5. The van der Waals surface area contributed by atoms with Gasteiger partial charge in [0, 0.05) is 25.3 Å². The highest BCUT2D eigenvalue weighted by Crippen LogP contribution is 2.26. The summed E-state index contributed by atoms with van der Waals surface area (Å²) in [5.74, 6) is 0.304. The molecule has 0 radical (unpaired) electrons. The van der Waals surface area contributed by atoms with Gasteiger partial charge in [-0.25, -0.2) is 4.99 Å². The van der Waals surface area contributed by atoms with Crippen LogP contribution in [0.3, 0.4) is 0 Å². The maximum Gasteiger partial charge on any atom is 0.573 e. The van der Waals surface area contributed by atoms with Crippen LogP contribution in [-0.2, 0) is 11.3 Å². The van der Waals surface area contributed by atoms with Crippen LogP contribution < -0.4 is 15.4 Å². The predicted octanol–water partition coefficient (Wildman–Crippen LogP) is 2.82. The minimum Gasteiger partial charge on any atom is -0.405 e. The molecular formula is C16H22F3N3O2. The number of nitrogens with zero attached hydrogens (tertiary/aromatic N) is 1. The second-order valence-electron chi connectivity index (χ2n) is 5.37. The number of nitrogens with one attached hydrogen (secondary N) is 2. The first-order valence-electron chi connectivity index (χ1n) is 7.95. The van der Waals surface area contributed by atoms with Crippen molar-refractivity contribution in [1.82, 2.24) is 10.6 Å². The molecule has 134 valence electrons.